The van der Waals surface area contributed by atoms with Crippen molar-refractivity contribution in [3.8, 4) is 6.07 Å². The molecule has 7 nitrogen and oxygen atoms in total. The number of amides is 1. The normalized spacial score (nSPS) is 15.2. The first-order chi connectivity index (χ1) is 11.2. The van der Waals surface area contributed by atoms with Crippen molar-refractivity contribution in [2.75, 3.05) is 31.1 Å². The second-order valence-electron chi connectivity index (χ2n) is 6.62. The quantitative estimate of drug-likeness (QED) is 0.761. The Labute approximate surface area is 147 Å². The van der Waals surface area contributed by atoms with E-state index in [0.717, 1.165) is 0 Å². The highest BCUT2D eigenvalue weighted by Crippen LogP contribution is 2.23. The van der Waals surface area contributed by atoms with Gasteiger partial charge in [0, 0.05) is 26.2 Å². The Bertz CT molecular complexity index is 658. The van der Waals surface area contributed by atoms with E-state index in [0.29, 0.717) is 49.1 Å². The molecular formula is C16H22ClN5O2. The van der Waals surface area contributed by atoms with Crippen molar-refractivity contribution in [1.29, 1.82) is 5.26 Å². The minimum atomic E-state index is -0.513. The Balaban J connectivity index is 2.12. The molecule has 1 aromatic rings. The summed E-state index contributed by atoms with van der Waals surface area (Å²) in [5.74, 6) is 1.33. The lowest BCUT2D eigenvalue weighted by Crippen LogP contribution is -2.50. The maximum Gasteiger partial charge on any atom is 0.410 e. The van der Waals surface area contributed by atoms with Gasteiger partial charge in [0.15, 0.2) is 5.82 Å². The molecule has 0 bridgehead atoms. The number of carbonyl (C=O) groups excluding carboxylic acids is 1. The number of carbonyl (C=O) groups is 1. The molecule has 1 aliphatic heterocycles. The molecule has 0 aromatic carbocycles. The Morgan fingerprint density at radius 3 is 2.42 bits per heavy atom. The van der Waals surface area contributed by atoms with Gasteiger partial charge in [0.25, 0.3) is 0 Å². The molecule has 130 valence electrons. The van der Waals surface area contributed by atoms with Gasteiger partial charge in [0.1, 0.15) is 23.1 Å². The zero-order chi connectivity index (χ0) is 17.9. The first-order valence-electron chi connectivity index (χ1n) is 7.81. The van der Waals surface area contributed by atoms with E-state index in [1.807, 2.05) is 25.7 Å². The summed E-state index contributed by atoms with van der Waals surface area (Å²) >= 11 is 5.89. The topological polar surface area (TPSA) is 82.4 Å². The first-order valence-corrected chi connectivity index (χ1v) is 8.35. The molecule has 0 aliphatic carbocycles. The standard InChI is InChI=1S/C16H22ClN5O2/c1-11-19-13(9-17)12(10-18)14(20-11)21-5-7-22(8-6-21)15(23)24-16(2,3)4/h5-9H2,1-4H3. The van der Waals surface area contributed by atoms with E-state index in [1.54, 1.807) is 11.8 Å². The summed E-state index contributed by atoms with van der Waals surface area (Å²) in [6.45, 7) is 9.49. The van der Waals surface area contributed by atoms with Gasteiger partial charge in [-0.15, -0.1) is 11.6 Å². The highest BCUT2D eigenvalue weighted by molar-refractivity contribution is 6.17. The summed E-state index contributed by atoms with van der Waals surface area (Å²) in [7, 11) is 0. The second kappa shape index (κ2) is 7.22. The zero-order valence-corrected chi connectivity index (χ0v) is 15.2. The van der Waals surface area contributed by atoms with Gasteiger partial charge in [0.05, 0.1) is 11.6 Å². The number of rotatable bonds is 2. The lowest BCUT2D eigenvalue weighted by Gasteiger charge is -2.36. The maximum absolute atomic E-state index is 12.1. The average molecular weight is 352 g/mol. The van der Waals surface area contributed by atoms with E-state index in [4.69, 9.17) is 16.3 Å². The van der Waals surface area contributed by atoms with E-state index in [2.05, 4.69) is 16.0 Å². The van der Waals surface area contributed by atoms with Crippen LogP contribution < -0.4 is 4.90 Å². The van der Waals surface area contributed by atoms with Crippen molar-refractivity contribution in [1.82, 2.24) is 14.9 Å². The Hall–Kier alpha value is -2.07. The van der Waals surface area contributed by atoms with Crippen LogP contribution in [0.3, 0.4) is 0 Å². The number of nitrogens with zero attached hydrogens (tertiary/aromatic N) is 5. The molecule has 1 aliphatic rings. The molecule has 0 radical (unpaired) electrons. The molecule has 0 saturated carbocycles. The van der Waals surface area contributed by atoms with Gasteiger partial charge in [-0.1, -0.05) is 0 Å². The highest BCUT2D eigenvalue weighted by atomic mass is 35.5. The van der Waals surface area contributed by atoms with E-state index in [1.165, 1.54) is 0 Å². The number of halogens is 1. The largest absolute Gasteiger partial charge is 0.444 e. The summed E-state index contributed by atoms with van der Waals surface area (Å²) in [4.78, 5) is 24.4. The third kappa shape index (κ3) is 4.26. The van der Waals surface area contributed by atoms with E-state index < -0.39 is 5.60 Å². The molecule has 1 saturated heterocycles. The maximum atomic E-state index is 12.1. The van der Waals surface area contributed by atoms with Crippen LogP contribution in [0.15, 0.2) is 0 Å². The molecule has 0 N–H and O–H groups in total. The third-order valence-electron chi connectivity index (χ3n) is 3.55. The van der Waals surface area contributed by atoms with Gasteiger partial charge in [-0.2, -0.15) is 5.26 Å². The van der Waals surface area contributed by atoms with Gasteiger partial charge < -0.3 is 14.5 Å². The molecule has 1 aromatic heterocycles. The SMILES string of the molecule is Cc1nc(CCl)c(C#N)c(N2CCN(C(=O)OC(C)(C)C)CC2)n1. The van der Waals surface area contributed by atoms with Gasteiger partial charge >= 0.3 is 6.09 Å². The molecule has 1 amide bonds. The molecule has 0 spiro atoms. The third-order valence-corrected chi connectivity index (χ3v) is 3.80. The Morgan fingerprint density at radius 2 is 1.92 bits per heavy atom. The van der Waals surface area contributed by atoms with Crippen LogP contribution in [-0.2, 0) is 10.6 Å². The van der Waals surface area contributed by atoms with E-state index in [9.17, 15) is 10.1 Å². The fourth-order valence-electron chi connectivity index (χ4n) is 2.48. The summed E-state index contributed by atoms with van der Waals surface area (Å²) in [6.07, 6.45) is -0.317. The molecule has 24 heavy (non-hydrogen) atoms. The molecule has 0 unspecified atom stereocenters. The lowest BCUT2D eigenvalue weighted by atomic mass is 10.2. The number of alkyl halides is 1. The van der Waals surface area contributed by atoms with E-state index >= 15 is 0 Å². The zero-order valence-electron chi connectivity index (χ0n) is 14.5. The molecule has 2 heterocycles. The summed E-state index contributed by atoms with van der Waals surface area (Å²) in [5, 5.41) is 9.42. The van der Waals surface area contributed by atoms with Crippen LogP contribution in [0.5, 0.6) is 0 Å². The fourth-order valence-corrected chi connectivity index (χ4v) is 2.68. The summed E-state index contributed by atoms with van der Waals surface area (Å²) < 4.78 is 5.39. The van der Waals surface area contributed by atoms with Crippen LogP contribution in [0.2, 0.25) is 0 Å². The van der Waals surface area contributed by atoms with Crippen molar-refractivity contribution in [2.24, 2.45) is 0 Å². The first kappa shape index (κ1) is 18.3. The van der Waals surface area contributed by atoms with Gasteiger partial charge in [-0.05, 0) is 27.7 Å². The van der Waals surface area contributed by atoms with Crippen LogP contribution in [0.1, 0.15) is 37.9 Å². The van der Waals surface area contributed by atoms with Gasteiger partial charge in [-0.25, -0.2) is 14.8 Å². The molecule has 2 rings (SSSR count). The minimum Gasteiger partial charge on any atom is -0.444 e. The Morgan fingerprint density at radius 1 is 1.29 bits per heavy atom. The monoisotopic (exact) mass is 351 g/mol. The molecule has 1 fully saturated rings. The van der Waals surface area contributed by atoms with Crippen molar-refractivity contribution in [3.05, 3.63) is 17.1 Å². The lowest BCUT2D eigenvalue weighted by molar-refractivity contribution is 0.0240. The predicted octanol–water partition coefficient (Wildman–Crippen LogP) is 2.45. The number of piperazine rings is 1. The number of anilines is 1. The minimum absolute atomic E-state index is 0.164. The number of aromatic nitrogens is 2. The van der Waals surface area contributed by atoms with Crippen LogP contribution >= 0.6 is 11.6 Å². The second-order valence-corrected chi connectivity index (χ2v) is 6.88. The van der Waals surface area contributed by atoms with Crippen molar-refractivity contribution >= 4 is 23.5 Å². The van der Waals surface area contributed by atoms with Gasteiger partial charge in [-0.3, -0.25) is 0 Å². The van der Waals surface area contributed by atoms with Crippen LogP contribution in [-0.4, -0.2) is 52.7 Å². The van der Waals surface area contributed by atoms with Gasteiger partial charge in [0.2, 0.25) is 0 Å². The van der Waals surface area contributed by atoms with Crippen molar-refractivity contribution in [3.63, 3.8) is 0 Å². The van der Waals surface area contributed by atoms with Crippen LogP contribution in [0, 0.1) is 18.3 Å². The van der Waals surface area contributed by atoms with Crippen molar-refractivity contribution in [2.45, 2.75) is 39.2 Å². The number of aryl methyl sites for hydroxylation is 1. The average Bonchev–Trinajstić information content (AvgIpc) is 2.52. The van der Waals surface area contributed by atoms with Crippen LogP contribution in [0.25, 0.3) is 0 Å². The molecular weight excluding hydrogens is 330 g/mol. The summed E-state index contributed by atoms with van der Waals surface area (Å²) in [5.41, 5.74) is 0.429. The number of ether oxygens (including phenoxy) is 1. The number of nitriles is 1. The molecule has 8 heteroatoms. The number of hydrogen-bond acceptors (Lipinski definition) is 6. The van der Waals surface area contributed by atoms with Crippen LogP contribution in [0.4, 0.5) is 10.6 Å². The summed E-state index contributed by atoms with van der Waals surface area (Å²) in [6, 6.07) is 2.15. The van der Waals surface area contributed by atoms with E-state index in [-0.39, 0.29) is 12.0 Å². The van der Waals surface area contributed by atoms with Crippen molar-refractivity contribution < 1.29 is 9.53 Å². The number of hydrogen-bond donors (Lipinski definition) is 0. The predicted molar refractivity (Wildman–Crippen MR) is 91.1 cm³/mol. The fraction of sp³-hybridized carbons (Fsp3) is 0.625. The Kier molecular flexibility index (Phi) is 5.50. The highest BCUT2D eigenvalue weighted by Gasteiger charge is 2.28. The smallest absolute Gasteiger partial charge is 0.410 e. The molecule has 0 atom stereocenters.